The van der Waals surface area contributed by atoms with Crippen molar-refractivity contribution in [2.75, 3.05) is 35.2 Å². The molecule has 0 spiro atoms. The number of fused-ring (bicyclic) bond motifs is 1. The minimum atomic E-state index is -3.04. The molecule has 0 aromatic heterocycles. The third-order valence-electron chi connectivity index (χ3n) is 3.97. The van der Waals surface area contributed by atoms with Crippen molar-refractivity contribution in [2.45, 2.75) is 18.9 Å². The monoisotopic (exact) mass is 309 g/mol. The van der Waals surface area contributed by atoms with Gasteiger partial charge in [-0.3, -0.25) is 4.79 Å². The number of amides is 1. The third-order valence-corrected chi connectivity index (χ3v) is 5.87. The second-order valence-electron chi connectivity index (χ2n) is 5.94. The Bertz CT molecular complexity index is 687. The van der Waals surface area contributed by atoms with Crippen molar-refractivity contribution in [3.63, 3.8) is 0 Å². The maximum atomic E-state index is 12.5. The topological polar surface area (TPSA) is 87.3 Å². The largest absolute Gasteiger partial charge is 0.382 e. The van der Waals surface area contributed by atoms with Gasteiger partial charge in [-0.15, -0.1) is 0 Å². The number of rotatable bonds is 2. The van der Waals surface area contributed by atoms with Crippen LogP contribution in [0.2, 0.25) is 0 Å². The molecule has 1 aromatic carbocycles. The van der Waals surface area contributed by atoms with Gasteiger partial charge in [0.2, 0.25) is 0 Å². The minimum Gasteiger partial charge on any atom is -0.382 e. The van der Waals surface area contributed by atoms with E-state index in [1.807, 2.05) is 12.1 Å². The first-order chi connectivity index (χ1) is 9.89. The summed E-state index contributed by atoms with van der Waals surface area (Å²) >= 11 is 0. The van der Waals surface area contributed by atoms with Gasteiger partial charge in [0.1, 0.15) is 0 Å². The van der Waals surface area contributed by atoms with Gasteiger partial charge in [0, 0.05) is 13.1 Å². The molecular formula is C14H19N3O3S. The number of anilines is 2. The number of carbonyl (C=O) groups is 1. The van der Waals surface area contributed by atoms with Crippen LogP contribution in [-0.2, 0) is 9.84 Å². The molecule has 3 rings (SSSR count). The zero-order valence-corrected chi connectivity index (χ0v) is 12.7. The van der Waals surface area contributed by atoms with E-state index in [0.717, 1.165) is 24.5 Å². The Labute approximate surface area is 124 Å². The second kappa shape index (κ2) is 4.91. The number of hydrogen-bond donors (Lipinski definition) is 3. The van der Waals surface area contributed by atoms with Crippen molar-refractivity contribution in [2.24, 2.45) is 0 Å². The van der Waals surface area contributed by atoms with E-state index >= 15 is 0 Å². The number of carbonyl (C=O) groups excluding carboxylic acids is 1. The molecule has 2 heterocycles. The van der Waals surface area contributed by atoms with Gasteiger partial charge in [0.25, 0.3) is 5.91 Å². The summed E-state index contributed by atoms with van der Waals surface area (Å²) in [5, 5.41) is 9.35. The Morgan fingerprint density at radius 3 is 2.76 bits per heavy atom. The van der Waals surface area contributed by atoms with E-state index in [9.17, 15) is 13.2 Å². The highest BCUT2D eigenvalue weighted by atomic mass is 32.2. The normalized spacial score (nSPS) is 26.3. The van der Waals surface area contributed by atoms with E-state index in [0.29, 0.717) is 12.0 Å². The van der Waals surface area contributed by atoms with Crippen molar-refractivity contribution in [1.29, 1.82) is 0 Å². The smallest absolute Gasteiger partial charge is 0.253 e. The van der Waals surface area contributed by atoms with Crippen molar-refractivity contribution >= 4 is 27.1 Å². The molecule has 2 aliphatic rings. The van der Waals surface area contributed by atoms with Crippen molar-refractivity contribution < 1.29 is 13.2 Å². The summed E-state index contributed by atoms with van der Waals surface area (Å²) in [6.07, 6.45) is 0.460. The molecule has 2 aliphatic heterocycles. The van der Waals surface area contributed by atoms with Gasteiger partial charge in [-0.25, -0.2) is 8.42 Å². The standard InChI is InChI=1S/C14H19N3O3S/c1-14(5-8-21(19,20)9-14)17-13(18)10-3-2-4-11-12(10)16-7-6-15-11/h2-4,15-16H,5-9H2,1H3,(H,17,18). The van der Waals surface area contributed by atoms with Gasteiger partial charge < -0.3 is 16.0 Å². The lowest BCUT2D eigenvalue weighted by atomic mass is 10.0. The summed E-state index contributed by atoms with van der Waals surface area (Å²) in [5.74, 6) is -0.0919. The second-order valence-corrected chi connectivity index (χ2v) is 8.12. The summed E-state index contributed by atoms with van der Waals surface area (Å²) in [7, 11) is -3.04. The zero-order valence-electron chi connectivity index (χ0n) is 11.9. The van der Waals surface area contributed by atoms with Crippen LogP contribution in [0.4, 0.5) is 11.4 Å². The lowest BCUT2D eigenvalue weighted by Gasteiger charge is -2.26. The van der Waals surface area contributed by atoms with Crippen LogP contribution in [0, 0.1) is 0 Å². The first kappa shape index (κ1) is 14.2. The minimum absolute atomic E-state index is 0.00639. The third kappa shape index (κ3) is 2.83. The SMILES string of the molecule is CC1(NC(=O)c2cccc3c2NCCN3)CCS(=O)(=O)C1. The maximum absolute atomic E-state index is 12.5. The first-order valence-electron chi connectivity index (χ1n) is 7.02. The highest BCUT2D eigenvalue weighted by Crippen LogP contribution is 2.29. The van der Waals surface area contributed by atoms with Crippen LogP contribution >= 0.6 is 0 Å². The molecule has 3 N–H and O–H groups in total. The van der Waals surface area contributed by atoms with Crippen molar-refractivity contribution in [3.8, 4) is 0 Å². The number of hydrogen-bond acceptors (Lipinski definition) is 5. The van der Waals surface area contributed by atoms with E-state index in [1.165, 1.54) is 0 Å². The van der Waals surface area contributed by atoms with E-state index in [4.69, 9.17) is 0 Å². The fraction of sp³-hybridized carbons (Fsp3) is 0.500. The van der Waals surface area contributed by atoms with Crippen LogP contribution in [0.15, 0.2) is 18.2 Å². The van der Waals surface area contributed by atoms with Crippen LogP contribution in [0.5, 0.6) is 0 Å². The summed E-state index contributed by atoms with van der Waals surface area (Å²) in [5.41, 5.74) is 1.55. The number of benzene rings is 1. The Kier molecular flexibility index (Phi) is 3.32. The molecule has 1 unspecified atom stereocenters. The summed E-state index contributed by atoms with van der Waals surface area (Å²) in [6.45, 7) is 3.35. The first-order valence-corrected chi connectivity index (χ1v) is 8.84. The molecule has 1 fully saturated rings. The molecule has 1 atom stereocenters. The molecule has 7 heteroatoms. The van der Waals surface area contributed by atoms with Crippen LogP contribution < -0.4 is 16.0 Å². The highest BCUT2D eigenvalue weighted by molar-refractivity contribution is 7.91. The quantitative estimate of drug-likeness (QED) is 0.753. The molecule has 21 heavy (non-hydrogen) atoms. The number of para-hydroxylation sites is 1. The highest BCUT2D eigenvalue weighted by Gasteiger charge is 2.39. The van der Waals surface area contributed by atoms with Gasteiger partial charge in [-0.1, -0.05) is 6.07 Å². The molecule has 1 saturated heterocycles. The van der Waals surface area contributed by atoms with E-state index in [-0.39, 0.29) is 17.4 Å². The van der Waals surface area contributed by atoms with E-state index < -0.39 is 15.4 Å². The molecule has 0 aliphatic carbocycles. The average Bonchev–Trinajstić information content (AvgIpc) is 2.71. The summed E-state index contributed by atoms with van der Waals surface area (Å²) < 4.78 is 23.2. The van der Waals surface area contributed by atoms with Crippen molar-refractivity contribution in [1.82, 2.24) is 5.32 Å². The predicted octanol–water partition coefficient (Wildman–Crippen LogP) is 0.831. The summed E-state index contributed by atoms with van der Waals surface area (Å²) in [4.78, 5) is 12.5. The predicted molar refractivity (Wildman–Crippen MR) is 82.6 cm³/mol. The van der Waals surface area contributed by atoms with Gasteiger partial charge in [-0.2, -0.15) is 0 Å². The molecule has 0 bridgehead atoms. The summed E-state index contributed by atoms with van der Waals surface area (Å²) in [6, 6.07) is 5.49. The van der Waals surface area contributed by atoms with Crippen LogP contribution in [-0.4, -0.2) is 44.5 Å². The lowest BCUT2D eigenvalue weighted by Crippen LogP contribution is -2.47. The fourth-order valence-corrected chi connectivity index (χ4v) is 5.01. The zero-order chi connectivity index (χ0) is 15.1. The Morgan fingerprint density at radius 2 is 2.05 bits per heavy atom. The van der Waals surface area contributed by atoms with E-state index in [2.05, 4.69) is 16.0 Å². The maximum Gasteiger partial charge on any atom is 0.253 e. The van der Waals surface area contributed by atoms with Gasteiger partial charge in [0.05, 0.1) is 34.0 Å². The molecule has 0 radical (unpaired) electrons. The molecule has 1 aromatic rings. The number of sulfone groups is 1. The van der Waals surface area contributed by atoms with Crippen LogP contribution in [0.25, 0.3) is 0 Å². The van der Waals surface area contributed by atoms with E-state index in [1.54, 1.807) is 13.0 Å². The van der Waals surface area contributed by atoms with Crippen molar-refractivity contribution in [3.05, 3.63) is 23.8 Å². The Morgan fingerprint density at radius 1 is 1.29 bits per heavy atom. The Balaban J connectivity index is 1.84. The molecule has 114 valence electrons. The van der Waals surface area contributed by atoms with Crippen LogP contribution in [0.3, 0.4) is 0 Å². The Hall–Kier alpha value is -1.76. The van der Waals surface area contributed by atoms with Crippen LogP contribution in [0.1, 0.15) is 23.7 Å². The molecule has 1 amide bonds. The lowest BCUT2D eigenvalue weighted by molar-refractivity contribution is 0.0916. The molecule has 0 saturated carbocycles. The number of nitrogens with one attached hydrogen (secondary N) is 3. The fourth-order valence-electron chi connectivity index (χ4n) is 2.91. The molecule has 6 nitrogen and oxygen atoms in total. The average molecular weight is 309 g/mol. The van der Waals surface area contributed by atoms with Gasteiger partial charge in [0.15, 0.2) is 9.84 Å². The van der Waals surface area contributed by atoms with Gasteiger partial charge in [-0.05, 0) is 25.5 Å². The molecular weight excluding hydrogens is 290 g/mol. The van der Waals surface area contributed by atoms with Gasteiger partial charge >= 0.3 is 0 Å².